The van der Waals surface area contributed by atoms with E-state index in [1.165, 1.54) is 0 Å². The second-order valence-corrected chi connectivity index (χ2v) is 2.42. The van der Waals surface area contributed by atoms with Crippen molar-refractivity contribution in [3.05, 3.63) is 0 Å². The Kier molecular flexibility index (Phi) is 5.00. The van der Waals surface area contributed by atoms with Gasteiger partial charge < -0.3 is 10.8 Å². The molecule has 2 unspecified atom stereocenters. The number of rotatable bonds is 5. The number of hydrogen-bond donors (Lipinski definition) is 3. The molecule has 0 aromatic carbocycles. The number of aliphatic hydroxyl groups excluding tert-OH is 1. The molecule has 0 rings (SSSR count). The number of carbonyl (C=O) groups is 1. The summed E-state index contributed by atoms with van der Waals surface area (Å²) in [6.07, 6.45) is -0.588. The molecule has 5 nitrogen and oxygen atoms in total. The van der Waals surface area contributed by atoms with E-state index in [2.05, 4.69) is 5.32 Å². The van der Waals surface area contributed by atoms with Gasteiger partial charge in [-0.15, -0.1) is 0 Å². The Balaban J connectivity index is 3.68. The number of carbonyl (C=O) groups excluding carboxylic acids is 1. The van der Waals surface area contributed by atoms with Gasteiger partial charge in [0.05, 0.1) is 12.1 Å². The lowest BCUT2D eigenvalue weighted by molar-refractivity contribution is -0.125. The zero-order chi connectivity index (χ0) is 9.56. The van der Waals surface area contributed by atoms with E-state index in [1.54, 1.807) is 0 Å². The van der Waals surface area contributed by atoms with Crippen molar-refractivity contribution < 1.29 is 9.90 Å². The average Bonchev–Trinajstić information content (AvgIpc) is 2.05. The Hall–Kier alpha value is -1.12. The summed E-state index contributed by atoms with van der Waals surface area (Å²) in [5, 5.41) is 20.1. The van der Waals surface area contributed by atoms with E-state index in [1.807, 2.05) is 13.0 Å². The van der Waals surface area contributed by atoms with Crippen LogP contribution in [-0.4, -0.2) is 29.7 Å². The predicted molar refractivity (Wildman–Crippen MR) is 42.9 cm³/mol. The van der Waals surface area contributed by atoms with E-state index >= 15 is 0 Å². The Bertz CT molecular complexity index is 188. The smallest absolute Gasteiger partial charge is 0.247 e. The zero-order valence-corrected chi connectivity index (χ0v) is 6.95. The van der Waals surface area contributed by atoms with Crippen molar-refractivity contribution in [3.8, 4) is 6.07 Å². The lowest BCUT2D eigenvalue weighted by atomic mass is 10.2. The van der Waals surface area contributed by atoms with Crippen LogP contribution in [0.3, 0.4) is 0 Å². The molecular weight excluding hydrogens is 158 g/mol. The maximum absolute atomic E-state index is 10.3. The molecule has 0 aliphatic carbocycles. The quantitative estimate of drug-likeness (QED) is 0.480. The third-order valence-electron chi connectivity index (χ3n) is 1.45. The van der Waals surface area contributed by atoms with Crippen molar-refractivity contribution in [2.45, 2.75) is 25.5 Å². The lowest BCUT2D eigenvalue weighted by Gasteiger charge is -2.10. The fourth-order valence-electron chi connectivity index (χ4n) is 0.636. The summed E-state index contributed by atoms with van der Waals surface area (Å²) in [5.41, 5.74) is 4.79. The Morgan fingerprint density at radius 2 is 2.42 bits per heavy atom. The summed E-state index contributed by atoms with van der Waals surface area (Å²) in [5.74, 6) is -0.782. The first-order chi connectivity index (χ1) is 5.61. The van der Waals surface area contributed by atoms with Gasteiger partial charge in [-0.1, -0.05) is 6.92 Å². The molecule has 1 amide bonds. The molecule has 4 N–H and O–H groups in total. The first kappa shape index (κ1) is 10.9. The fourth-order valence-corrected chi connectivity index (χ4v) is 0.636. The third-order valence-corrected chi connectivity index (χ3v) is 1.45. The van der Waals surface area contributed by atoms with E-state index in [0.29, 0.717) is 6.42 Å². The maximum atomic E-state index is 10.3. The molecule has 0 spiro atoms. The standard InChI is InChI=1S/C7H13N3O2/c1-2-5(3-8)10-4-6(11)7(9)12/h5-6,10-11H,2,4H2,1H3,(H2,9,12). The van der Waals surface area contributed by atoms with Gasteiger partial charge in [-0.2, -0.15) is 5.26 Å². The first-order valence-corrected chi connectivity index (χ1v) is 3.72. The Labute approximate surface area is 71.2 Å². The van der Waals surface area contributed by atoms with Crippen molar-refractivity contribution in [2.75, 3.05) is 6.54 Å². The number of nitriles is 1. The number of nitrogens with zero attached hydrogens (tertiary/aromatic N) is 1. The van der Waals surface area contributed by atoms with Gasteiger partial charge >= 0.3 is 0 Å². The van der Waals surface area contributed by atoms with Gasteiger partial charge in [0.1, 0.15) is 6.10 Å². The molecule has 2 atom stereocenters. The zero-order valence-electron chi connectivity index (χ0n) is 6.95. The fraction of sp³-hybridized carbons (Fsp3) is 0.714. The molecule has 68 valence electrons. The molecule has 0 saturated heterocycles. The van der Waals surface area contributed by atoms with Crippen molar-refractivity contribution in [1.29, 1.82) is 5.26 Å². The summed E-state index contributed by atoms with van der Waals surface area (Å²) in [7, 11) is 0. The number of primary amides is 1. The van der Waals surface area contributed by atoms with Gasteiger partial charge in [0.15, 0.2) is 0 Å². The normalized spacial score (nSPS) is 14.8. The van der Waals surface area contributed by atoms with E-state index in [4.69, 9.17) is 16.1 Å². The first-order valence-electron chi connectivity index (χ1n) is 3.72. The largest absolute Gasteiger partial charge is 0.382 e. The van der Waals surface area contributed by atoms with Crippen LogP contribution in [0.2, 0.25) is 0 Å². The average molecular weight is 171 g/mol. The van der Waals surface area contributed by atoms with Crippen LogP contribution in [0.25, 0.3) is 0 Å². The molecule has 0 bridgehead atoms. The Morgan fingerprint density at radius 3 is 2.75 bits per heavy atom. The van der Waals surface area contributed by atoms with Crippen LogP contribution in [-0.2, 0) is 4.79 Å². The maximum Gasteiger partial charge on any atom is 0.247 e. The van der Waals surface area contributed by atoms with Crippen LogP contribution in [0, 0.1) is 11.3 Å². The lowest BCUT2D eigenvalue weighted by Crippen LogP contribution is -2.41. The molecule has 0 aliphatic heterocycles. The van der Waals surface area contributed by atoms with Crippen LogP contribution in [0.15, 0.2) is 0 Å². The summed E-state index contributed by atoms with van der Waals surface area (Å²) < 4.78 is 0. The van der Waals surface area contributed by atoms with Gasteiger partial charge in [-0.05, 0) is 6.42 Å². The van der Waals surface area contributed by atoms with Gasteiger partial charge in [0, 0.05) is 6.54 Å². The van der Waals surface area contributed by atoms with Gasteiger partial charge in [0.25, 0.3) is 0 Å². The summed E-state index contributed by atoms with van der Waals surface area (Å²) >= 11 is 0. The molecule has 0 aromatic heterocycles. The molecular formula is C7H13N3O2. The number of nitrogens with one attached hydrogen (secondary N) is 1. The molecule has 0 radical (unpaired) electrons. The molecule has 0 fully saturated rings. The third kappa shape index (κ3) is 3.91. The molecule has 0 saturated carbocycles. The molecule has 0 aromatic rings. The second-order valence-electron chi connectivity index (χ2n) is 2.42. The van der Waals surface area contributed by atoms with E-state index in [9.17, 15) is 4.79 Å². The van der Waals surface area contributed by atoms with E-state index in [0.717, 1.165) is 0 Å². The highest BCUT2D eigenvalue weighted by Crippen LogP contribution is 1.88. The van der Waals surface area contributed by atoms with Crippen LogP contribution in [0.5, 0.6) is 0 Å². The molecule has 5 heteroatoms. The minimum Gasteiger partial charge on any atom is -0.382 e. The van der Waals surface area contributed by atoms with Crippen molar-refractivity contribution in [2.24, 2.45) is 5.73 Å². The predicted octanol–water partition coefficient (Wildman–Crippen LogP) is -1.28. The highest BCUT2D eigenvalue weighted by molar-refractivity contribution is 5.78. The summed E-state index contributed by atoms with van der Waals surface area (Å²) in [6.45, 7) is 1.86. The minimum atomic E-state index is -1.22. The number of hydrogen-bond acceptors (Lipinski definition) is 4. The second kappa shape index (κ2) is 5.52. The van der Waals surface area contributed by atoms with Gasteiger partial charge in [-0.3, -0.25) is 10.1 Å². The molecule has 0 heterocycles. The van der Waals surface area contributed by atoms with Crippen LogP contribution < -0.4 is 11.1 Å². The van der Waals surface area contributed by atoms with Crippen LogP contribution in [0.4, 0.5) is 0 Å². The molecule has 12 heavy (non-hydrogen) atoms. The molecule has 0 aliphatic rings. The SMILES string of the molecule is CCC(C#N)NCC(O)C(N)=O. The highest BCUT2D eigenvalue weighted by Gasteiger charge is 2.12. The van der Waals surface area contributed by atoms with Crippen LogP contribution in [0.1, 0.15) is 13.3 Å². The minimum absolute atomic E-state index is 0.0292. The number of amides is 1. The van der Waals surface area contributed by atoms with E-state index in [-0.39, 0.29) is 12.6 Å². The monoisotopic (exact) mass is 171 g/mol. The van der Waals surface area contributed by atoms with Gasteiger partial charge in [0.2, 0.25) is 5.91 Å². The van der Waals surface area contributed by atoms with Crippen LogP contribution >= 0.6 is 0 Å². The Morgan fingerprint density at radius 1 is 1.83 bits per heavy atom. The summed E-state index contributed by atoms with van der Waals surface area (Å²) in [4.78, 5) is 10.3. The van der Waals surface area contributed by atoms with Gasteiger partial charge in [-0.25, -0.2) is 0 Å². The van der Waals surface area contributed by atoms with E-state index < -0.39 is 12.0 Å². The topological polar surface area (TPSA) is 99.1 Å². The van der Waals surface area contributed by atoms with Crippen molar-refractivity contribution >= 4 is 5.91 Å². The number of aliphatic hydroxyl groups is 1. The highest BCUT2D eigenvalue weighted by atomic mass is 16.3. The number of nitrogens with two attached hydrogens (primary N) is 1. The van der Waals surface area contributed by atoms with Crippen molar-refractivity contribution in [1.82, 2.24) is 5.32 Å². The summed E-state index contributed by atoms with van der Waals surface area (Å²) in [6, 6.07) is 1.64. The van der Waals surface area contributed by atoms with Crippen molar-refractivity contribution in [3.63, 3.8) is 0 Å².